The lowest BCUT2D eigenvalue weighted by atomic mass is 9.98. The smallest absolute Gasteiger partial charge is 0.309 e. The molecule has 0 radical (unpaired) electrons. The van der Waals surface area contributed by atoms with E-state index in [0.29, 0.717) is 11.1 Å². The van der Waals surface area contributed by atoms with Crippen LogP contribution in [0.2, 0.25) is 0 Å². The van der Waals surface area contributed by atoms with Crippen molar-refractivity contribution in [2.45, 2.75) is 17.7 Å². The number of hydrogen-bond donors (Lipinski definition) is 0. The van der Waals surface area contributed by atoms with E-state index in [-0.39, 0.29) is 44.0 Å². The highest BCUT2D eigenvalue weighted by Gasteiger charge is 2.36. The summed E-state index contributed by atoms with van der Waals surface area (Å²) in [5.74, 6) is -2.31. The van der Waals surface area contributed by atoms with Gasteiger partial charge in [0, 0.05) is 13.1 Å². The van der Waals surface area contributed by atoms with Gasteiger partial charge < -0.3 is 4.74 Å². The molecule has 2 heterocycles. The number of rotatable bonds is 6. The van der Waals surface area contributed by atoms with Crippen molar-refractivity contribution in [1.29, 1.82) is 0 Å². The van der Waals surface area contributed by atoms with E-state index in [1.807, 2.05) is 0 Å². The molecule has 0 saturated carbocycles. The van der Waals surface area contributed by atoms with E-state index in [4.69, 9.17) is 4.74 Å². The van der Waals surface area contributed by atoms with Crippen LogP contribution in [-0.2, 0) is 19.6 Å². The minimum absolute atomic E-state index is 0.000806. The molecule has 2 aromatic rings. The first kappa shape index (κ1) is 22.1. The van der Waals surface area contributed by atoms with E-state index >= 15 is 0 Å². The minimum Gasteiger partial charge on any atom is -0.464 e. The van der Waals surface area contributed by atoms with Crippen molar-refractivity contribution in [2.24, 2.45) is 5.92 Å². The molecule has 0 aromatic heterocycles. The molecule has 0 spiro atoms. The van der Waals surface area contributed by atoms with Crippen molar-refractivity contribution >= 4 is 27.8 Å². The number of esters is 1. The Hall–Kier alpha value is -3.11. The minimum atomic E-state index is -3.76. The summed E-state index contributed by atoms with van der Waals surface area (Å²) in [6.07, 6.45) is 0.568. The van der Waals surface area contributed by atoms with E-state index in [0.717, 1.165) is 17.0 Å². The predicted octanol–water partition coefficient (Wildman–Crippen LogP) is 2.07. The van der Waals surface area contributed by atoms with E-state index in [1.54, 1.807) is 24.3 Å². The van der Waals surface area contributed by atoms with Gasteiger partial charge in [0.2, 0.25) is 10.0 Å². The number of carbonyl (C=O) groups excluding carboxylic acids is 3. The first-order valence-corrected chi connectivity index (χ1v) is 11.6. The summed E-state index contributed by atoms with van der Waals surface area (Å²) in [7, 11) is -3.76. The molecule has 0 unspecified atom stereocenters. The fraction of sp³-hybridized carbons (Fsp3) is 0.318. The molecule has 1 saturated heterocycles. The fourth-order valence-electron chi connectivity index (χ4n) is 3.89. The van der Waals surface area contributed by atoms with Gasteiger partial charge in [-0.2, -0.15) is 4.31 Å². The molecule has 168 valence electrons. The highest BCUT2D eigenvalue weighted by Crippen LogP contribution is 2.25. The number of sulfonamides is 1. The average molecular weight is 460 g/mol. The summed E-state index contributed by atoms with van der Waals surface area (Å²) in [4.78, 5) is 38.1. The summed E-state index contributed by atoms with van der Waals surface area (Å²) in [6.45, 7) is 0.101. The molecule has 2 aromatic carbocycles. The lowest BCUT2D eigenvalue weighted by Crippen LogP contribution is -2.41. The first-order chi connectivity index (χ1) is 15.3. The van der Waals surface area contributed by atoms with Gasteiger partial charge in [-0.05, 0) is 49.2 Å². The molecule has 10 heteroatoms. The van der Waals surface area contributed by atoms with Gasteiger partial charge >= 0.3 is 5.97 Å². The molecule has 0 atom stereocenters. The van der Waals surface area contributed by atoms with Crippen LogP contribution in [0.5, 0.6) is 0 Å². The fourth-order valence-corrected chi connectivity index (χ4v) is 5.35. The number of carbonyl (C=O) groups is 3. The van der Waals surface area contributed by atoms with Crippen molar-refractivity contribution in [3.05, 3.63) is 65.5 Å². The first-order valence-electron chi connectivity index (χ1n) is 10.2. The molecule has 0 aliphatic carbocycles. The van der Waals surface area contributed by atoms with Crippen LogP contribution in [-0.4, -0.2) is 61.6 Å². The second-order valence-corrected chi connectivity index (χ2v) is 9.55. The number of imide groups is 1. The number of nitrogens with zero attached hydrogens (tertiary/aromatic N) is 2. The van der Waals surface area contributed by atoms with Gasteiger partial charge in [0.1, 0.15) is 12.4 Å². The molecule has 2 aliphatic rings. The molecular formula is C22H21FN2O6S. The lowest BCUT2D eigenvalue weighted by molar-refractivity contribution is -0.150. The zero-order valence-electron chi connectivity index (χ0n) is 17.1. The Bertz CT molecular complexity index is 1120. The van der Waals surface area contributed by atoms with E-state index in [2.05, 4.69) is 0 Å². The summed E-state index contributed by atoms with van der Waals surface area (Å²) in [5.41, 5.74) is 0.664. The molecule has 8 nitrogen and oxygen atoms in total. The monoisotopic (exact) mass is 460 g/mol. The van der Waals surface area contributed by atoms with Crippen molar-refractivity contribution in [1.82, 2.24) is 9.21 Å². The van der Waals surface area contributed by atoms with Crippen molar-refractivity contribution in [2.75, 3.05) is 26.2 Å². The van der Waals surface area contributed by atoms with Gasteiger partial charge in [-0.3, -0.25) is 19.3 Å². The number of benzene rings is 2. The number of amides is 2. The summed E-state index contributed by atoms with van der Waals surface area (Å²) in [5, 5.41) is 0. The third-order valence-corrected chi connectivity index (χ3v) is 7.59. The van der Waals surface area contributed by atoms with Crippen LogP contribution >= 0.6 is 0 Å². The molecule has 0 bridgehead atoms. The lowest BCUT2D eigenvalue weighted by Gasteiger charge is -2.30. The highest BCUT2D eigenvalue weighted by atomic mass is 32.2. The molecule has 32 heavy (non-hydrogen) atoms. The van der Waals surface area contributed by atoms with Crippen LogP contribution in [0, 0.1) is 11.7 Å². The second-order valence-electron chi connectivity index (χ2n) is 7.61. The zero-order valence-corrected chi connectivity index (χ0v) is 17.9. The number of halogens is 1. The van der Waals surface area contributed by atoms with Crippen molar-refractivity contribution in [3.63, 3.8) is 0 Å². The molecular weight excluding hydrogens is 439 g/mol. The van der Waals surface area contributed by atoms with Gasteiger partial charge in [-0.15, -0.1) is 0 Å². The zero-order chi connectivity index (χ0) is 22.9. The predicted molar refractivity (Wildman–Crippen MR) is 111 cm³/mol. The Labute approximate surface area is 184 Å². The van der Waals surface area contributed by atoms with Crippen LogP contribution in [0.4, 0.5) is 4.39 Å². The van der Waals surface area contributed by atoms with E-state index in [1.165, 1.54) is 16.4 Å². The molecule has 2 aliphatic heterocycles. The van der Waals surface area contributed by atoms with Gasteiger partial charge in [0.25, 0.3) is 11.8 Å². The maximum absolute atomic E-state index is 13.1. The third-order valence-electron chi connectivity index (χ3n) is 5.68. The van der Waals surface area contributed by atoms with Crippen LogP contribution in [0.15, 0.2) is 53.4 Å². The number of fused-ring (bicyclic) bond motifs is 1. The maximum atomic E-state index is 13.1. The highest BCUT2D eigenvalue weighted by molar-refractivity contribution is 7.89. The van der Waals surface area contributed by atoms with E-state index < -0.39 is 39.5 Å². The van der Waals surface area contributed by atoms with Crippen molar-refractivity contribution < 1.29 is 31.9 Å². The SMILES string of the molecule is O=C(OCCN1C(=O)c2ccccc2C1=O)C1CCN(S(=O)(=O)c2ccc(F)cc2)CC1. The average Bonchev–Trinajstić information content (AvgIpc) is 3.04. The van der Waals surface area contributed by atoms with Crippen LogP contribution in [0.1, 0.15) is 33.6 Å². The standard InChI is InChI=1S/C22H21FN2O6S/c23-16-5-7-17(8-6-16)32(29,30)24-11-9-15(10-12-24)22(28)31-14-13-25-20(26)18-3-1-2-4-19(18)21(25)27/h1-8,15H,9-14H2. The van der Waals surface area contributed by atoms with Gasteiger partial charge in [0.05, 0.1) is 28.5 Å². The Morgan fingerprint density at radius 3 is 2.09 bits per heavy atom. The number of ether oxygens (including phenoxy) is 1. The number of hydrogen-bond acceptors (Lipinski definition) is 6. The Morgan fingerprint density at radius 1 is 0.969 bits per heavy atom. The van der Waals surface area contributed by atoms with Gasteiger partial charge in [-0.25, -0.2) is 12.8 Å². The largest absolute Gasteiger partial charge is 0.464 e. The topological polar surface area (TPSA) is 101 Å². The molecule has 2 amide bonds. The molecule has 4 rings (SSSR count). The van der Waals surface area contributed by atoms with E-state index in [9.17, 15) is 27.2 Å². The quantitative estimate of drug-likeness (QED) is 0.483. The Balaban J connectivity index is 1.27. The molecule has 1 fully saturated rings. The summed E-state index contributed by atoms with van der Waals surface area (Å²) >= 11 is 0. The Morgan fingerprint density at radius 2 is 1.53 bits per heavy atom. The Kier molecular flexibility index (Phi) is 6.07. The maximum Gasteiger partial charge on any atom is 0.309 e. The summed E-state index contributed by atoms with van der Waals surface area (Å²) in [6, 6.07) is 11.1. The normalized spacial score (nSPS) is 17.5. The summed E-state index contributed by atoms with van der Waals surface area (Å²) < 4.78 is 44.9. The van der Waals surface area contributed by atoms with Gasteiger partial charge in [-0.1, -0.05) is 12.1 Å². The number of piperidine rings is 1. The van der Waals surface area contributed by atoms with Crippen LogP contribution < -0.4 is 0 Å². The van der Waals surface area contributed by atoms with Crippen LogP contribution in [0.25, 0.3) is 0 Å². The van der Waals surface area contributed by atoms with Gasteiger partial charge in [0.15, 0.2) is 0 Å². The molecule has 0 N–H and O–H groups in total. The third kappa shape index (κ3) is 4.15. The van der Waals surface area contributed by atoms with Crippen molar-refractivity contribution in [3.8, 4) is 0 Å². The van der Waals surface area contributed by atoms with Crippen LogP contribution in [0.3, 0.4) is 0 Å². The second kappa shape index (κ2) is 8.79.